The first-order valence-corrected chi connectivity index (χ1v) is 6.93. The van der Waals surface area contributed by atoms with Crippen LogP contribution in [0.2, 0.25) is 0 Å². The van der Waals surface area contributed by atoms with Crippen LogP contribution in [-0.2, 0) is 6.42 Å². The Morgan fingerprint density at radius 1 is 1.25 bits per heavy atom. The molecular weight excluding hydrogens is 260 g/mol. The van der Waals surface area contributed by atoms with Crippen molar-refractivity contribution in [1.82, 2.24) is 5.32 Å². The minimum atomic E-state index is -0.506. The molecule has 0 saturated heterocycles. The van der Waals surface area contributed by atoms with Crippen molar-refractivity contribution in [1.29, 1.82) is 0 Å². The highest BCUT2D eigenvalue weighted by Crippen LogP contribution is 2.33. The van der Waals surface area contributed by atoms with E-state index >= 15 is 0 Å². The Labute approximate surface area is 116 Å². The lowest BCUT2D eigenvalue weighted by atomic mass is 9.92. The average Bonchev–Trinajstić information content (AvgIpc) is 2.88. The van der Waals surface area contributed by atoms with Crippen molar-refractivity contribution in [2.75, 3.05) is 0 Å². The number of aryl methyl sites for hydroxylation is 1. The van der Waals surface area contributed by atoms with Gasteiger partial charge in [0.2, 0.25) is 0 Å². The highest BCUT2D eigenvalue weighted by molar-refractivity contribution is 5.27. The van der Waals surface area contributed by atoms with Gasteiger partial charge in [0.05, 0.1) is 6.26 Å². The summed E-state index contributed by atoms with van der Waals surface area (Å²) in [6, 6.07) is 5.61. The van der Waals surface area contributed by atoms with Crippen LogP contribution in [0.3, 0.4) is 0 Å². The number of hydrogen-bond donors (Lipinski definition) is 1. The summed E-state index contributed by atoms with van der Waals surface area (Å²) in [6.07, 6.45) is 4.58. The van der Waals surface area contributed by atoms with Gasteiger partial charge in [-0.1, -0.05) is 6.07 Å². The van der Waals surface area contributed by atoms with Crippen LogP contribution in [0.4, 0.5) is 8.78 Å². The molecule has 4 heteroatoms. The molecule has 1 aromatic carbocycles. The average molecular weight is 277 g/mol. The molecule has 1 aliphatic carbocycles. The van der Waals surface area contributed by atoms with Crippen LogP contribution >= 0.6 is 0 Å². The van der Waals surface area contributed by atoms with Gasteiger partial charge in [-0.05, 0) is 38.0 Å². The maximum absolute atomic E-state index is 13.8. The van der Waals surface area contributed by atoms with Crippen LogP contribution in [-0.4, -0.2) is 0 Å². The lowest BCUT2D eigenvalue weighted by Gasteiger charge is -2.27. The Morgan fingerprint density at radius 2 is 2.00 bits per heavy atom. The van der Waals surface area contributed by atoms with E-state index in [2.05, 4.69) is 5.32 Å². The van der Waals surface area contributed by atoms with E-state index in [-0.39, 0.29) is 17.6 Å². The fraction of sp³-hybridized carbons (Fsp3) is 0.375. The minimum absolute atomic E-state index is 0.0894. The molecule has 1 aliphatic rings. The molecule has 1 N–H and O–H groups in total. The van der Waals surface area contributed by atoms with Crippen LogP contribution in [0.5, 0.6) is 0 Å². The molecule has 2 aromatic rings. The van der Waals surface area contributed by atoms with Gasteiger partial charge in [-0.3, -0.25) is 0 Å². The maximum atomic E-state index is 13.8. The molecule has 1 aromatic heterocycles. The van der Waals surface area contributed by atoms with Crippen molar-refractivity contribution in [2.24, 2.45) is 0 Å². The number of fused-ring (bicyclic) bond motifs is 1. The van der Waals surface area contributed by atoms with Crippen molar-refractivity contribution < 1.29 is 13.2 Å². The zero-order chi connectivity index (χ0) is 14.1. The van der Waals surface area contributed by atoms with Crippen LogP contribution < -0.4 is 5.32 Å². The van der Waals surface area contributed by atoms with E-state index in [4.69, 9.17) is 4.42 Å². The second-order valence-electron chi connectivity index (χ2n) is 5.27. The Morgan fingerprint density at radius 3 is 2.75 bits per heavy atom. The summed E-state index contributed by atoms with van der Waals surface area (Å²) in [5, 5.41) is 3.32. The monoisotopic (exact) mass is 277 g/mol. The normalized spacial score (nSPS) is 19.6. The lowest BCUT2D eigenvalue weighted by molar-refractivity contribution is 0.375. The number of benzene rings is 1. The summed E-state index contributed by atoms with van der Waals surface area (Å²) in [5.41, 5.74) is 1.21. The van der Waals surface area contributed by atoms with E-state index in [0.717, 1.165) is 30.6 Å². The summed E-state index contributed by atoms with van der Waals surface area (Å²) in [6.45, 7) is 1.79. The third kappa shape index (κ3) is 2.36. The van der Waals surface area contributed by atoms with Gasteiger partial charge in [0, 0.05) is 29.6 Å². The van der Waals surface area contributed by atoms with E-state index in [1.54, 1.807) is 13.2 Å². The van der Waals surface area contributed by atoms with E-state index < -0.39 is 11.6 Å². The van der Waals surface area contributed by atoms with Crippen LogP contribution in [0.1, 0.15) is 48.7 Å². The van der Waals surface area contributed by atoms with Crippen molar-refractivity contribution in [3.8, 4) is 0 Å². The molecule has 106 valence electrons. The third-order valence-electron chi connectivity index (χ3n) is 3.94. The topological polar surface area (TPSA) is 25.2 Å². The molecule has 0 aliphatic heterocycles. The van der Waals surface area contributed by atoms with E-state index in [1.165, 1.54) is 18.2 Å². The molecule has 0 amide bonds. The first kappa shape index (κ1) is 13.3. The van der Waals surface area contributed by atoms with Crippen molar-refractivity contribution in [3.63, 3.8) is 0 Å². The smallest absolute Gasteiger partial charge is 0.130 e. The number of furan rings is 1. The van der Waals surface area contributed by atoms with Crippen molar-refractivity contribution in [2.45, 2.75) is 38.3 Å². The quantitative estimate of drug-likeness (QED) is 0.905. The van der Waals surface area contributed by atoms with Crippen molar-refractivity contribution >= 4 is 0 Å². The van der Waals surface area contributed by atoms with Crippen LogP contribution in [0.25, 0.3) is 0 Å². The molecule has 0 spiro atoms. The fourth-order valence-electron chi connectivity index (χ4n) is 2.97. The molecular formula is C16H17F2NO. The predicted octanol–water partition coefficient (Wildman–Crippen LogP) is 4.29. The highest BCUT2D eigenvalue weighted by atomic mass is 19.1. The van der Waals surface area contributed by atoms with Gasteiger partial charge in [0.25, 0.3) is 0 Å². The fourth-order valence-corrected chi connectivity index (χ4v) is 2.97. The van der Waals surface area contributed by atoms with E-state index in [1.807, 2.05) is 6.07 Å². The van der Waals surface area contributed by atoms with Gasteiger partial charge in [-0.25, -0.2) is 8.78 Å². The van der Waals surface area contributed by atoms with Gasteiger partial charge < -0.3 is 9.73 Å². The number of nitrogens with one attached hydrogen (secondary N) is 1. The largest absolute Gasteiger partial charge is 0.469 e. The molecule has 0 radical (unpaired) electrons. The second kappa shape index (κ2) is 5.37. The molecule has 2 atom stereocenters. The highest BCUT2D eigenvalue weighted by Gasteiger charge is 2.25. The molecule has 0 fully saturated rings. The zero-order valence-corrected chi connectivity index (χ0v) is 11.3. The summed E-state index contributed by atoms with van der Waals surface area (Å²) in [4.78, 5) is 0. The van der Waals surface area contributed by atoms with Crippen LogP contribution in [0.15, 0.2) is 34.9 Å². The summed E-state index contributed by atoms with van der Waals surface area (Å²) in [5.74, 6) is -0.0311. The molecule has 2 unspecified atom stereocenters. The van der Waals surface area contributed by atoms with Gasteiger partial charge in [-0.2, -0.15) is 0 Å². The Kier molecular flexibility index (Phi) is 3.57. The van der Waals surface area contributed by atoms with E-state index in [0.29, 0.717) is 0 Å². The van der Waals surface area contributed by atoms with Crippen molar-refractivity contribution in [3.05, 3.63) is 59.1 Å². The van der Waals surface area contributed by atoms with E-state index in [9.17, 15) is 8.78 Å². The van der Waals surface area contributed by atoms with Gasteiger partial charge in [-0.15, -0.1) is 0 Å². The van der Waals surface area contributed by atoms with Gasteiger partial charge in [0.1, 0.15) is 17.4 Å². The first-order chi connectivity index (χ1) is 9.66. The zero-order valence-electron chi connectivity index (χ0n) is 11.3. The molecule has 3 rings (SSSR count). The predicted molar refractivity (Wildman–Crippen MR) is 72.3 cm³/mol. The summed E-state index contributed by atoms with van der Waals surface area (Å²) >= 11 is 0. The summed E-state index contributed by atoms with van der Waals surface area (Å²) < 4.78 is 33.0. The maximum Gasteiger partial charge on any atom is 0.130 e. The molecule has 0 saturated carbocycles. The second-order valence-corrected chi connectivity index (χ2v) is 5.27. The molecule has 20 heavy (non-hydrogen) atoms. The summed E-state index contributed by atoms with van der Waals surface area (Å²) in [7, 11) is 0. The Hall–Kier alpha value is -1.68. The number of hydrogen-bond acceptors (Lipinski definition) is 2. The SMILES string of the molecule is CC(NC1CCCc2occc21)c1c(F)cccc1F. The molecule has 2 nitrogen and oxygen atoms in total. The van der Waals surface area contributed by atoms with Crippen LogP contribution in [0, 0.1) is 11.6 Å². The lowest BCUT2D eigenvalue weighted by Crippen LogP contribution is -2.28. The molecule has 1 heterocycles. The number of halogens is 2. The third-order valence-corrected chi connectivity index (χ3v) is 3.94. The number of rotatable bonds is 3. The Bertz CT molecular complexity index is 588. The Balaban J connectivity index is 1.83. The molecule has 0 bridgehead atoms. The van der Waals surface area contributed by atoms with Gasteiger partial charge >= 0.3 is 0 Å². The minimum Gasteiger partial charge on any atom is -0.469 e. The standard InChI is InChI=1S/C16H17F2NO/c1-10(16-12(17)4-2-5-13(16)18)19-14-6-3-7-15-11(14)8-9-20-15/h2,4-5,8-10,14,19H,3,6-7H2,1H3. The van der Waals surface area contributed by atoms with Gasteiger partial charge in [0.15, 0.2) is 0 Å². The first-order valence-electron chi connectivity index (χ1n) is 6.93.